The van der Waals surface area contributed by atoms with Gasteiger partial charge in [0.2, 0.25) is 0 Å². The minimum absolute atomic E-state index is 0.0114. The summed E-state index contributed by atoms with van der Waals surface area (Å²) in [7, 11) is 0. The quantitative estimate of drug-likeness (QED) is 0.834. The Hall–Kier alpha value is -1.33. The molecular weight excluding hydrogens is 271 g/mol. The van der Waals surface area contributed by atoms with Crippen molar-refractivity contribution in [1.29, 1.82) is 0 Å². The topological polar surface area (TPSA) is 12.0 Å². The molecule has 0 radical (unpaired) electrons. The minimum atomic E-state index is -4.27. The molecule has 1 N–H and O–H groups in total. The highest BCUT2D eigenvalue weighted by atomic mass is 32.1. The fraction of sp³-hybridized carbons (Fsp3) is 0.286. The SMILES string of the molecule is FC(F)(F)c1ccc([C@H]2NCCc3sccc32)cc1. The molecule has 0 unspecified atom stereocenters. The number of fused-ring (bicyclic) bond motifs is 1. The van der Waals surface area contributed by atoms with Crippen molar-refractivity contribution in [3.05, 3.63) is 57.3 Å². The van der Waals surface area contributed by atoms with Gasteiger partial charge in [-0.25, -0.2) is 0 Å². The van der Waals surface area contributed by atoms with Gasteiger partial charge in [-0.3, -0.25) is 0 Å². The van der Waals surface area contributed by atoms with Gasteiger partial charge in [0, 0.05) is 11.4 Å². The van der Waals surface area contributed by atoms with Crippen molar-refractivity contribution in [3.8, 4) is 0 Å². The lowest BCUT2D eigenvalue weighted by Gasteiger charge is -2.25. The van der Waals surface area contributed by atoms with Gasteiger partial charge in [0.15, 0.2) is 0 Å². The highest BCUT2D eigenvalue weighted by Gasteiger charge is 2.30. The fourth-order valence-electron chi connectivity index (χ4n) is 2.41. The Morgan fingerprint density at radius 3 is 2.53 bits per heavy atom. The average Bonchev–Trinajstić information content (AvgIpc) is 2.86. The second-order valence-electron chi connectivity index (χ2n) is 4.56. The number of nitrogens with one attached hydrogen (secondary N) is 1. The maximum atomic E-state index is 12.5. The van der Waals surface area contributed by atoms with E-state index in [0.29, 0.717) is 0 Å². The molecule has 0 fully saturated rings. The second-order valence-corrected chi connectivity index (χ2v) is 5.56. The maximum Gasteiger partial charge on any atom is 0.416 e. The molecule has 1 aliphatic heterocycles. The molecule has 1 aliphatic rings. The van der Waals surface area contributed by atoms with Gasteiger partial charge in [0.1, 0.15) is 0 Å². The number of hydrogen-bond acceptors (Lipinski definition) is 2. The number of thiophene rings is 1. The zero-order valence-electron chi connectivity index (χ0n) is 10.00. The first-order chi connectivity index (χ1) is 9.05. The molecule has 1 atom stereocenters. The Morgan fingerprint density at radius 1 is 1.11 bits per heavy atom. The molecule has 19 heavy (non-hydrogen) atoms. The van der Waals surface area contributed by atoms with Gasteiger partial charge in [-0.1, -0.05) is 12.1 Å². The first-order valence-electron chi connectivity index (χ1n) is 6.02. The van der Waals surface area contributed by atoms with Crippen LogP contribution in [0.25, 0.3) is 0 Å². The maximum absolute atomic E-state index is 12.5. The van der Waals surface area contributed by atoms with Crippen molar-refractivity contribution in [3.63, 3.8) is 0 Å². The Kier molecular flexibility index (Phi) is 3.11. The van der Waals surface area contributed by atoms with Crippen LogP contribution in [-0.2, 0) is 12.6 Å². The van der Waals surface area contributed by atoms with Crippen molar-refractivity contribution in [1.82, 2.24) is 5.32 Å². The number of halogens is 3. The van der Waals surface area contributed by atoms with Crippen LogP contribution in [-0.4, -0.2) is 6.54 Å². The lowest BCUT2D eigenvalue weighted by Crippen LogP contribution is -2.29. The zero-order valence-corrected chi connectivity index (χ0v) is 10.8. The standard InChI is InChI=1S/C14H12F3NS/c15-14(16,17)10-3-1-9(2-4-10)13-11-6-8-19-12(11)5-7-18-13/h1-4,6,8,13,18H,5,7H2/t13-/m1/s1. The lowest BCUT2D eigenvalue weighted by molar-refractivity contribution is -0.137. The molecular formula is C14H12F3NS. The Balaban J connectivity index is 1.93. The van der Waals surface area contributed by atoms with E-state index < -0.39 is 11.7 Å². The Labute approximate surface area is 113 Å². The van der Waals surface area contributed by atoms with E-state index in [1.807, 2.05) is 5.38 Å². The normalized spacial score (nSPS) is 19.2. The van der Waals surface area contributed by atoms with Crippen LogP contribution in [0.5, 0.6) is 0 Å². The largest absolute Gasteiger partial charge is 0.416 e. The third-order valence-electron chi connectivity index (χ3n) is 3.36. The number of alkyl halides is 3. The first kappa shape index (κ1) is 12.7. The van der Waals surface area contributed by atoms with E-state index in [0.717, 1.165) is 30.7 Å². The molecule has 1 nitrogen and oxygen atoms in total. The minimum Gasteiger partial charge on any atom is -0.306 e. The van der Waals surface area contributed by atoms with Crippen molar-refractivity contribution in [2.45, 2.75) is 18.6 Å². The van der Waals surface area contributed by atoms with Gasteiger partial charge in [0.05, 0.1) is 11.6 Å². The molecule has 0 amide bonds. The number of rotatable bonds is 1. The molecule has 0 aliphatic carbocycles. The van der Waals surface area contributed by atoms with Gasteiger partial charge in [-0.2, -0.15) is 13.2 Å². The zero-order chi connectivity index (χ0) is 13.5. The number of benzene rings is 1. The van der Waals surface area contributed by atoms with Crippen LogP contribution in [0.15, 0.2) is 35.7 Å². The summed E-state index contributed by atoms with van der Waals surface area (Å²) in [5, 5.41) is 5.40. The van der Waals surface area contributed by atoms with Crippen molar-refractivity contribution >= 4 is 11.3 Å². The average molecular weight is 283 g/mol. The monoisotopic (exact) mass is 283 g/mol. The van der Waals surface area contributed by atoms with Crippen LogP contribution >= 0.6 is 11.3 Å². The summed E-state index contributed by atoms with van der Waals surface area (Å²) in [5.74, 6) is 0. The van der Waals surface area contributed by atoms with E-state index in [-0.39, 0.29) is 6.04 Å². The third kappa shape index (κ3) is 2.40. The van der Waals surface area contributed by atoms with Crippen LogP contribution in [0, 0.1) is 0 Å². The third-order valence-corrected chi connectivity index (χ3v) is 4.36. The second kappa shape index (κ2) is 4.65. The summed E-state index contributed by atoms with van der Waals surface area (Å²) >= 11 is 1.71. The summed E-state index contributed by atoms with van der Waals surface area (Å²) in [6, 6.07) is 7.49. The summed E-state index contributed by atoms with van der Waals surface area (Å²) in [5.41, 5.74) is 1.47. The van der Waals surface area contributed by atoms with Crippen LogP contribution in [0.2, 0.25) is 0 Å². The highest BCUT2D eigenvalue weighted by molar-refractivity contribution is 7.10. The van der Waals surface area contributed by atoms with Gasteiger partial charge in [-0.05, 0) is 41.1 Å². The lowest BCUT2D eigenvalue weighted by atomic mass is 9.95. The summed E-state index contributed by atoms with van der Waals surface area (Å²) in [4.78, 5) is 1.32. The molecule has 0 bridgehead atoms. The van der Waals surface area contributed by atoms with Gasteiger partial charge in [-0.15, -0.1) is 11.3 Å². The van der Waals surface area contributed by atoms with Crippen LogP contribution in [0.1, 0.15) is 27.6 Å². The number of hydrogen-bond donors (Lipinski definition) is 1. The highest BCUT2D eigenvalue weighted by Crippen LogP contribution is 2.34. The Morgan fingerprint density at radius 2 is 1.84 bits per heavy atom. The predicted octanol–water partition coefficient (Wildman–Crippen LogP) is 4.00. The predicted molar refractivity (Wildman–Crippen MR) is 69.3 cm³/mol. The molecule has 1 aromatic carbocycles. The van der Waals surface area contributed by atoms with E-state index in [9.17, 15) is 13.2 Å². The van der Waals surface area contributed by atoms with Gasteiger partial charge >= 0.3 is 6.18 Å². The van der Waals surface area contributed by atoms with Crippen molar-refractivity contribution < 1.29 is 13.2 Å². The molecule has 5 heteroatoms. The molecule has 100 valence electrons. The fourth-order valence-corrected chi connectivity index (χ4v) is 3.33. The van der Waals surface area contributed by atoms with Gasteiger partial charge < -0.3 is 5.32 Å². The van der Waals surface area contributed by atoms with E-state index in [1.165, 1.54) is 10.4 Å². The molecule has 0 saturated heterocycles. The summed E-state index contributed by atoms with van der Waals surface area (Å²) < 4.78 is 37.6. The first-order valence-corrected chi connectivity index (χ1v) is 6.90. The molecule has 0 saturated carbocycles. The smallest absolute Gasteiger partial charge is 0.306 e. The van der Waals surface area contributed by atoms with Crippen molar-refractivity contribution in [2.24, 2.45) is 0 Å². The molecule has 0 spiro atoms. The van der Waals surface area contributed by atoms with Crippen LogP contribution in [0.3, 0.4) is 0 Å². The summed E-state index contributed by atoms with van der Waals surface area (Å²) in [6.07, 6.45) is -3.28. The van der Waals surface area contributed by atoms with Crippen LogP contribution in [0.4, 0.5) is 13.2 Å². The molecule has 2 aromatic rings. The van der Waals surface area contributed by atoms with Crippen molar-refractivity contribution in [2.75, 3.05) is 6.54 Å². The molecule has 2 heterocycles. The molecule has 3 rings (SSSR count). The van der Waals surface area contributed by atoms with E-state index in [4.69, 9.17) is 0 Å². The van der Waals surface area contributed by atoms with Crippen LogP contribution < -0.4 is 5.32 Å². The Bertz CT molecular complexity index is 571. The van der Waals surface area contributed by atoms with E-state index >= 15 is 0 Å². The van der Waals surface area contributed by atoms with E-state index in [2.05, 4.69) is 11.4 Å². The summed E-state index contributed by atoms with van der Waals surface area (Å²) in [6.45, 7) is 0.860. The molecule has 1 aromatic heterocycles. The van der Waals surface area contributed by atoms with Gasteiger partial charge in [0.25, 0.3) is 0 Å². The van der Waals surface area contributed by atoms with E-state index in [1.54, 1.807) is 23.5 Å².